The van der Waals surface area contributed by atoms with Crippen LogP contribution in [0.2, 0.25) is 0 Å². The molecule has 0 bridgehead atoms. The van der Waals surface area contributed by atoms with E-state index in [1.54, 1.807) is 7.11 Å². The van der Waals surface area contributed by atoms with Crippen molar-refractivity contribution in [1.82, 2.24) is 14.9 Å². The Hall–Kier alpha value is -1.20. The Balaban J connectivity index is 1.98. The van der Waals surface area contributed by atoms with Crippen molar-refractivity contribution in [3.63, 3.8) is 0 Å². The monoisotopic (exact) mass is 222 g/mol. The fraction of sp³-hybridized carbons (Fsp3) is 0.636. The molecule has 88 valence electrons. The first-order valence-electron chi connectivity index (χ1n) is 5.53. The van der Waals surface area contributed by atoms with Crippen LogP contribution in [0.1, 0.15) is 5.56 Å². The lowest BCUT2D eigenvalue weighted by Gasteiger charge is -2.32. The predicted octanol–water partition coefficient (Wildman–Crippen LogP) is 0.375. The van der Waals surface area contributed by atoms with E-state index < -0.39 is 0 Å². The molecule has 5 nitrogen and oxygen atoms in total. The summed E-state index contributed by atoms with van der Waals surface area (Å²) in [5.41, 5.74) is 1.01. The lowest BCUT2D eigenvalue weighted by atomic mass is 10.3. The SMILES string of the molecule is COCc1cnc(N2CCN(C)CC2)nc1. The molecule has 1 fully saturated rings. The second-order valence-electron chi connectivity index (χ2n) is 4.11. The normalized spacial score (nSPS) is 17.8. The first kappa shape index (κ1) is 11.3. The molecule has 0 radical (unpaired) electrons. The van der Waals surface area contributed by atoms with Gasteiger partial charge in [-0.25, -0.2) is 9.97 Å². The van der Waals surface area contributed by atoms with Gasteiger partial charge in [-0.15, -0.1) is 0 Å². The van der Waals surface area contributed by atoms with Gasteiger partial charge in [0.1, 0.15) is 0 Å². The van der Waals surface area contributed by atoms with Crippen molar-refractivity contribution in [2.45, 2.75) is 6.61 Å². The maximum absolute atomic E-state index is 5.03. The van der Waals surface area contributed by atoms with Gasteiger partial charge in [-0.2, -0.15) is 0 Å². The third kappa shape index (κ3) is 2.68. The molecular formula is C11H18N4O. The Morgan fingerprint density at radius 2 is 1.81 bits per heavy atom. The van der Waals surface area contributed by atoms with Gasteiger partial charge in [0.15, 0.2) is 0 Å². The molecule has 1 aromatic heterocycles. The first-order valence-corrected chi connectivity index (χ1v) is 5.53. The molecule has 2 rings (SSSR count). The second kappa shape index (κ2) is 5.23. The molecule has 0 N–H and O–H groups in total. The maximum atomic E-state index is 5.03. The van der Waals surface area contributed by atoms with Gasteiger partial charge in [0.25, 0.3) is 0 Å². The lowest BCUT2D eigenvalue weighted by molar-refractivity contribution is 0.184. The highest BCUT2D eigenvalue weighted by Crippen LogP contribution is 2.10. The molecule has 16 heavy (non-hydrogen) atoms. The van der Waals surface area contributed by atoms with Gasteiger partial charge in [0.05, 0.1) is 6.61 Å². The van der Waals surface area contributed by atoms with E-state index in [1.807, 2.05) is 12.4 Å². The molecule has 0 spiro atoms. The number of anilines is 1. The van der Waals surface area contributed by atoms with Crippen LogP contribution in [0, 0.1) is 0 Å². The largest absolute Gasteiger partial charge is 0.380 e. The van der Waals surface area contributed by atoms with Crippen molar-refractivity contribution in [1.29, 1.82) is 0 Å². The van der Waals surface area contributed by atoms with E-state index in [9.17, 15) is 0 Å². The molecule has 0 aliphatic carbocycles. The lowest BCUT2D eigenvalue weighted by Crippen LogP contribution is -2.45. The highest BCUT2D eigenvalue weighted by molar-refractivity contribution is 5.30. The molecule has 0 amide bonds. The van der Waals surface area contributed by atoms with Gasteiger partial charge < -0.3 is 14.5 Å². The molecular weight excluding hydrogens is 204 g/mol. The number of aromatic nitrogens is 2. The molecule has 1 aliphatic rings. The molecule has 0 saturated carbocycles. The van der Waals surface area contributed by atoms with Crippen molar-refractivity contribution in [2.75, 3.05) is 45.2 Å². The summed E-state index contributed by atoms with van der Waals surface area (Å²) >= 11 is 0. The standard InChI is InChI=1S/C11H18N4O/c1-14-3-5-15(6-4-14)11-12-7-10(8-13-11)9-16-2/h7-8H,3-6,9H2,1-2H3. The summed E-state index contributed by atoms with van der Waals surface area (Å²) in [5, 5.41) is 0. The van der Waals surface area contributed by atoms with Gasteiger partial charge >= 0.3 is 0 Å². The van der Waals surface area contributed by atoms with Gasteiger partial charge in [0, 0.05) is 51.2 Å². The number of likely N-dealkylation sites (N-methyl/N-ethyl adjacent to an activating group) is 1. The fourth-order valence-corrected chi connectivity index (χ4v) is 1.76. The number of piperazine rings is 1. The Kier molecular flexibility index (Phi) is 3.69. The maximum Gasteiger partial charge on any atom is 0.225 e. The van der Waals surface area contributed by atoms with Crippen LogP contribution < -0.4 is 4.90 Å². The Morgan fingerprint density at radius 3 is 2.38 bits per heavy atom. The van der Waals surface area contributed by atoms with Crippen LogP contribution in [-0.4, -0.2) is 55.2 Å². The van der Waals surface area contributed by atoms with Crippen molar-refractivity contribution in [2.24, 2.45) is 0 Å². The van der Waals surface area contributed by atoms with Crippen LogP contribution in [0.5, 0.6) is 0 Å². The van der Waals surface area contributed by atoms with E-state index in [2.05, 4.69) is 26.8 Å². The molecule has 0 unspecified atom stereocenters. The predicted molar refractivity (Wildman–Crippen MR) is 62.5 cm³/mol. The van der Waals surface area contributed by atoms with Crippen LogP contribution in [-0.2, 0) is 11.3 Å². The number of hydrogen-bond acceptors (Lipinski definition) is 5. The van der Waals surface area contributed by atoms with E-state index in [-0.39, 0.29) is 0 Å². The number of nitrogens with zero attached hydrogens (tertiary/aromatic N) is 4. The summed E-state index contributed by atoms with van der Waals surface area (Å²) in [6.45, 7) is 4.72. The van der Waals surface area contributed by atoms with Crippen molar-refractivity contribution in [3.05, 3.63) is 18.0 Å². The Bertz CT molecular complexity index is 319. The fourth-order valence-electron chi connectivity index (χ4n) is 1.76. The molecule has 2 heterocycles. The summed E-state index contributed by atoms with van der Waals surface area (Å²) in [6.07, 6.45) is 3.67. The average molecular weight is 222 g/mol. The zero-order chi connectivity index (χ0) is 11.4. The topological polar surface area (TPSA) is 41.5 Å². The van der Waals surface area contributed by atoms with Crippen molar-refractivity contribution in [3.8, 4) is 0 Å². The van der Waals surface area contributed by atoms with Gasteiger partial charge in [0.2, 0.25) is 5.95 Å². The summed E-state index contributed by atoms with van der Waals surface area (Å²) in [7, 11) is 3.81. The van der Waals surface area contributed by atoms with Gasteiger partial charge in [-0.3, -0.25) is 0 Å². The smallest absolute Gasteiger partial charge is 0.225 e. The molecule has 0 atom stereocenters. The first-order chi connectivity index (χ1) is 7.79. The molecule has 1 saturated heterocycles. The summed E-state index contributed by atoms with van der Waals surface area (Å²) in [5.74, 6) is 0.827. The number of methoxy groups -OCH3 is 1. The number of hydrogen-bond donors (Lipinski definition) is 0. The van der Waals surface area contributed by atoms with Gasteiger partial charge in [-0.1, -0.05) is 0 Å². The van der Waals surface area contributed by atoms with E-state index >= 15 is 0 Å². The van der Waals surface area contributed by atoms with Crippen molar-refractivity contribution < 1.29 is 4.74 Å². The zero-order valence-corrected chi connectivity index (χ0v) is 9.89. The van der Waals surface area contributed by atoms with E-state index in [0.29, 0.717) is 6.61 Å². The van der Waals surface area contributed by atoms with Crippen LogP contribution >= 0.6 is 0 Å². The highest BCUT2D eigenvalue weighted by Gasteiger charge is 2.15. The zero-order valence-electron chi connectivity index (χ0n) is 9.89. The summed E-state index contributed by atoms with van der Waals surface area (Å²) in [4.78, 5) is 13.3. The average Bonchev–Trinajstić information content (AvgIpc) is 2.32. The molecule has 1 aromatic rings. The third-order valence-corrected chi connectivity index (χ3v) is 2.79. The minimum Gasteiger partial charge on any atom is -0.380 e. The highest BCUT2D eigenvalue weighted by atomic mass is 16.5. The van der Waals surface area contributed by atoms with E-state index in [1.165, 1.54) is 0 Å². The van der Waals surface area contributed by atoms with Crippen LogP contribution in [0.4, 0.5) is 5.95 Å². The Morgan fingerprint density at radius 1 is 1.19 bits per heavy atom. The van der Waals surface area contributed by atoms with Crippen LogP contribution in [0.15, 0.2) is 12.4 Å². The number of ether oxygens (including phenoxy) is 1. The van der Waals surface area contributed by atoms with Gasteiger partial charge in [-0.05, 0) is 7.05 Å². The van der Waals surface area contributed by atoms with E-state index in [0.717, 1.165) is 37.7 Å². The number of rotatable bonds is 3. The quantitative estimate of drug-likeness (QED) is 0.739. The molecule has 0 aromatic carbocycles. The second-order valence-corrected chi connectivity index (χ2v) is 4.11. The minimum absolute atomic E-state index is 0.572. The molecule has 5 heteroatoms. The van der Waals surface area contributed by atoms with Crippen molar-refractivity contribution >= 4 is 5.95 Å². The van der Waals surface area contributed by atoms with Crippen LogP contribution in [0.25, 0.3) is 0 Å². The summed E-state index contributed by atoms with van der Waals surface area (Å²) < 4.78 is 5.03. The Labute approximate surface area is 96.1 Å². The summed E-state index contributed by atoms with van der Waals surface area (Å²) in [6, 6.07) is 0. The minimum atomic E-state index is 0.572. The van der Waals surface area contributed by atoms with E-state index in [4.69, 9.17) is 4.74 Å². The van der Waals surface area contributed by atoms with Crippen LogP contribution in [0.3, 0.4) is 0 Å². The molecule has 1 aliphatic heterocycles. The third-order valence-electron chi connectivity index (χ3n) is 2.79.